The van der Waals surface area contributed by atoms with Crippen LogP contribution in [0.4, 0.5) is 17.5 Å². The molecule has 4 aromatic heterocycles. The zero-order valence-corrected chi connectivity index (χ0v) is 30.9. The van der Waals surface area contributed by atoms with Gasteiger partial charge in [-0.2, -0.15) is 9.97 Å². The highest BCUT2D eigenvalue weighted by Crippen LogP contribution is 2.27. The highest BCUT2D eigenvalue weighted by molar-refractivity contribution is 5.89. The number of ether oxygens (including phenoxy) is 3. The summed E-state index contributed by atoms with van der Waals surface area (Å²) in [5, 5.41) is 1.04. The van der Waals surface area contributed by atoms with E-state index in [9.17, 15) is 0 Å². The molecule has 0 radical (unpaired) electrons. The first-order valence-corrected chi connectivity index (χ1v) is 19.2. The third-order valence-electron chi connectivity index (χ3n) is 9.97. The van der Waals surface area contributed by atoms with Gasteiger partial charge in [0.2, 0.25) is 5.88 Å². The topological polar surface area (TPSA) is 115 Å². The Labute approximate surface area is 316 Å². The Hall–Kier alpha value is -5.62. The molecule has 54 heavy (non-hydrogen) atoms. The average Bonchev–Trinajstić information content (AvgIpc) is 3.79. The summed E-state index contributed by atoms with van der Waals surface area (Å²) in [6.45, 7) is 10.1. The van der Waals surface area contributed by atoms with Gasteiger partial charge in [0.1, 0.15) is 36.4 Å². The average molecular weight is 726 g/mol. The van der Waals surface area contributed by atoms with Crippen LogP contribution in [-0.4, -0.2) is 82.4 Å². The lowest BCUT2D eigenvalue weighted by molar-refractivity contribution is 0.122. The number of hydrogen-bond donors (Lipinski definition) is 0. The van der Waals surface area contributed by atoms with Gasteiger partial charge in [-0.05, 0) is 87.6 Å². The zero-order valence-electron chi connectivity index (χ0n) is 30.9. The van der Waals surface area contributed by atoms with E-state index in [-0.39, 0.29) is 0 Å². The van der Waals surface area contributed by atoms with E-state index in [1.165, 1.54) is 32.1 Å². The molecule has 3 saturated heterocycles. The van der Waals surface area contributed by atoms with E-state index in [4.69, 9.17) is 29.2 Å². The monoisotopic (exact) mass is 725 g/mol. The first-order valence-electron chi connectivity index (χ1n) is 19.2. The molecule has 6 aromatic rings. The largest absolute Gasteiger partial charge is 0.470 e. The molecule has 7 heterocycles. The first kappa shape index (κ1) is 35.4. The van der Waals surface area contributed by atoms with Crippen molar-refractivity contribution >= 4 is 39.4 Å². The molecule has 2 aromatic carbocycles. The van der Waals surface area contributed by atoms with E-state index in [0.29, 0.717) is 38.3 Å². The molecule has 278 valence electrons. The molecule has 12 heteroatoms. The summed E-state index contributed by atoms with van der Waals surface area (Å²) < 4.78 is 17.4. The number of aryl methyl sites for hydroxylation is 1. The Bertz CT molecular complexity index is 2170. The Kier molecular flexibility index (Phi) is 11.2. The normalized spacial score (nSPS) is 16.0. The number of para-hydroxylation sites is 3. The van der Waals surface area contributed by atoms with Crippen LogP contribution in [0.5, 0.6) is 11.9 Å². The molecule has 9 rings (SSSR count). The van der Waals surface area contributed by atoms with Gasteiger partial charge in [-0.15, -0.1) is 0 Å². The van der Waals surface area contributed by atoms with Gasteiger partial charge in [0.25, 0.3) is 0 Å². The third-order valence-corrected chi connectivity index (χ3v) is 9.97. The van der Waals surface area contributed by atoms with Crippen molar-refractivity contribution in [1.29, 1.82) is 0 Å². The maximum atomic E-state index is 5.99. The number of benzene rings is 2. The lowest BCUT2D eigenvalue weighted by Crippen LogP contribution is -2.37. The molecule has 0 amide bonds. The first-order chi connectivity index (χ1) is 26.7. The number of nitrogens with zero attached hydrogens (tertiary/aromatic N) is 9. The van der Waals surface area contributed by atoms with E-state index >= 15 is 0 Å². The van der Waals surface area contributed by atoms with Crippen LogP contribution in [0.3, 0.4) is 0 Å². The van der Waals surface area contributed by atoms with Gasteiger partial charge in [-0.3, -0.25) is 0 Å². The minimum atomic E-state index is 0.350. The second-order valence-corrected chi connectivity index (χ2v) is 13.8. The van der Waals surface area contributed by atoms with Crippen molar-refractivity contribution < 1.29 is 14.2 Å². The molecule has 0 spiro atoms. The summed E-state index contributed by atoms with van der Waals surface area (Å²) in [6.07, 6.45) is 6.27. The summed E-state index contributed by atoms with van der Waals surface area (Å²) in [7, 11) is 0. The van der Waals surface area contributed by atoms with Gasteiger partial charge >= 0.3 is 6.01 Å². The number of anilines is 3. The van der Waals surface area contributed by atoms with Gasteiger partial charge in [0, 0.05) is 44.7 Å². The van der Waals surface area contributed by atoms with Crippen molar-refractivity contribution in [3.05, 3.63) is 102 Å². The molecule has 0 unspecified atom stereocenters. The van der Waals surface area contributed by atoms with E-state index < -0.39 is 0 Å². The number of piperidine rings is 1. The molecule has 3 fully saturated rings. The molecule has 12 nitrogen and oxygen atoms in total. The van der Waals surface area contributed by atoms with E-state index in [1.54, 1.807) is 0 Å². The second-order valence-electron chi connectivity index (χ2n) is 13.8. The summed E-state index contributed by atoms with van der Waals surface area (Å²) >= 11 is 0. The summed E-state index contributed by atoms with van der Waals surface area (Å²) in [5.41, 5.74) is 5.22. The standard InChI is InChI=1S/C22H25N5O2.C20H22N4O/c1-2-8-19-18(7-1)21(27-12-14-28-15-13-27)25-22(24-19)29-16-17-6-5-9-20(23-17)26-10-3-4-11-26;1-15-20(23-18-10-4-3-9-17(18)21-15)25-14-16-8-7-11-19(22-16)24-12-5-2-6-13-24/h1-2,5-9H,3-4,10-16H2;3-4,7-11H,2,5-6,12-14H2,1H3. The number of morpholine rings is 1. The molecule has 0 aliphatic carbocycles. The minimum Gasteiger partial charge on any atom is -0.470 e. The predicted octanol–water partition coefficient (Wildman–Crippen LogP) is 6.94. The van der Waals surface area contributed by atoms with Crippen LogP contribution in [-0.2, 0) is 18.0 Å². The van der Waals surface area contributed by atoms with Crippen molar-refractivity contribution in [2.75, 3.05) is 67.2 Å². The van der Waals surface area contributed by atoms with E-state index in [1.807, 2.05) is 67.6 Å². The number of hydrogen-bond acceptors (Lipinski definition) is 12. The van der Waals surface area contributed by atoms with Crippen LogP contribution in [0.1, 0.15) is 49.2 Å². The predicted molar refractivity (Wildman–Crippen MR) is 211 cm³/mol. The number of aromatic nitrogens is 6. The SMILES string of the molecule is Cc1nc2ccccc2nc1OCc1cccc(N2CCCCC2)n1.c1cc(COc2nc(N3CCOCC3)c3ccccc3n2)nc(N2CCCC2)c1. The molecule has 0 bridgehead atoms. The molecular weight excluding hydrogens is 679 g/mol. The van der Waals surface area contributed by atoms with Crippen molar-refractivity contribution in [2.45, 2.75) is 52.2 Å². The maximum absolute atomic E-state index is 5.99. The molecule has 3 aliphatic heterocycles. The lowest BCUT2D eigenvalue weighted by Gasteiger charge is -2.28. The van der Waals surface area contributed by atoms with Gasteiger partial charge < -0.3 is 28.9 Å². The second kappa shape index (κ2) is 17.0. The maximum Gasteiger partial charge on any atom is 0.319 e. The van der Waals surface area contributed by atoms with Crippen LogP contribution in [0.15, 0.2) is 84.9 Å². The van der Waals surface area contributed by atoms with Crippen molar-refractivity contribution in [2.24, 2.45) is 0 Å². The Morgan fingerprint density at radius 2 is 1.09 bits per heavy atom. The van der Waals surface area contributed by atoms with Crippen molar-refractivity contribution in [3.63, 3.8) is 0 Å². The lowest BCUT2D eigenvalue weighted by atomic mass is 10.1. The van der Waals surface area contributed by atoms with Gasteiger partial charge in [0.05, 0.1) is 41.2 Å². The zero-order chi connectivity index (χ0) is 36.5. The van der Waals surface area contributed by atoms with Gasteiger partial charge in [-0.25, -0.2) is 19.9 Å². The smallest absolute Gasteiger partial charge is 0.319 e. The molecule has 0 atom stereocenters. The quantitative estimate of drug-likeness (QED) is 0.154. The van der Waals surface area contributed by atoms with Crippen LogP contribution < -0.4 is 24.2 Å². The van der Waals surface area contributed by atoms with Crippen LogP contribution in [0, 0.1) is 6.92 Å². The number of pyridine rings is 2. The van der Waals surface area contributed by atoms with Crippen LogP contribution in [0.25, 0.3) is 21.9 Å². The summed E-state index contributed by atoms with van der Waals surface area (Å²) in [4.78, 5) is 34.9. The Morgan fingerprint density at radius 1 is 0.519 bits per heavy atom. The van der Waals surface area contributed by atoms with Crippen molar-refractivity contribution in [1.82, 2.24) is 29.9 Å². The fourth-order valence-corrected chi connectivity index (χ4v) is 7.13. The molecule has 0 saturated carbocycles. The minimum absolute atomic E-state index is 0.350. The molecule has 0 N–H and O–H groups in total. The number of fused-ring (bicyclic) bond motifs is 2. The van der Waals surface area contributed by atoms with Crippen LogP contribution in [0.2, 0.25) is 0 Å². The van der Waals surface area contributed by atoms with Gasteiger partial charge in [-0.1, -0.05) is 36.4 Å². The fourth-order valence-electron chi connectivity index (χ4n) is 7.13. The molecule has 3 aliphatic rings. The summed E-state index contributed by atoms with van der Waals surface area (Å²) in [6, 6.07) is 28.5. The molecular formula is C42H47N9O3. The third kappa shape index (κ3) is 8.60. The van der Waals surface area contributed by atoms with Crippen molar-refractivity contribution in [3.8, 4) is 11.9 Å². The number of rotatable bonds is 9. The van der Waals surface area contributed by atoms with E-state index in [0.717, 1.165) is 95.7 Å². The summed E-state index contributed by atoms with van der Waals surface area (Å²) in [5.74, 6) is 3.55. The van der Waals surface area contributed by atoms with Gasteiger partial charge in [0.15, 0.2) is 0 Å². The Morgan fingerprint density at radius 3 is 1.76 bits per heavy atom. The van der Waals surface area contributed by atoms with E-state index in [2.05, 4.69) is 53.9 Å². The van der Waals surface area contributed by atoms with Crippen LogP contribution >= 0.6 is 0 Å². The fraction of sp³-hybridized carbons (Fsp3) is 0.381. The highest BCUT2D eigenvalue weighted by Gasteiger charge is 2.19. The Balaban J connectivity index is 0.000000155. The highest BCUT2D eigenvalue weighted by atomic mass is 16.5.